The Bertz CT molecular complexity index is 456. The second kappa shape index (κ2) is 5.90. The maximum absolute atomic E-state index is 11.7. The zero-order valence-corrected chi connectivity index (χ0v) is 11.7. The number of carbonyl (C=O) groups excluding carboxylic acids is 2. The van der Waals surface area contributed by atoms with Crippen molar-refractivity contribution in [3.63, 3.8) is 0 Å². The van der Waals surface area contributed by atoms with Gasteiger partial charge in [0.25, 0.3) is 5.91 Å². The molecule has 1 saturated heterocycles. The normalized spacial score (nSPS) is 21.1. The number of carbonyl (C=O) groups is 2. The van der Waals surface area contributed by atoms with Gasteiger partial charge >= 0.3 is 0 Å². The van der Waals surface area contributed by atoms with Gasteiger partial charge in [0.2, 0.25) is 15.9 Å². The molecule has 7 heteroatoms. The average molecular weight is 288 g/mol. The SMILES string of the molecule is O=C(CN1CCCCC1=O)NS(=O)(=O)CC1CCC1. The first kappa shape index (κ1) is 14.3. The molecule has 2 rings (SSSR count). The Morgan fingerprint density at radius 2 is 2.00 bits per heavy atom. The van der Waals surface area contributed by atoms with Gasteiger partial charge in [0, 0.05) is 13.0 Å². The number of hydrogen-bond acceptors (Lipinski definition) is 4. The fraction of sp³-hybridized carbons (Fsp3) is 0.833. The number of nitrogens with zero attached hydrogens (tertiary/aromatic N) is 1. The summed E-state index contributed by atoms with van der Waals surface area (Å²) in [5.74, 6) is -0.471. The van der Waals surface area contributed by atoms with Crippen LogP contribution in [0.15, 0.2) is 0 Å². The van der Waals surface area contributed by atoms with E-state index in [1.807, 2.05) is 0 Å². The van der Waals surface area contributed by atoms with Crippen LogP contribution in [0.25, 0.3) is 0 Å². The highest BCUT2D eigenvalue weighted by Gasteiger charge is 2.27. The fourth-order valence-corrected chi connectivity index (χ4v) is 3.87. The standard InChI is InChI=1S/C12H20N2O4S/c15-11(8-14-7-2-1-6-12(14)16)13-19(17,18)9-10-4-3-5-10/h10H,1-9H2,(H,13,15). The molecule has 0 atom stereocenters. The van der Waals surface area contributed by atoms with E-state index in [9.17, 15) is 18.0 Å². The Balaban J connectivity index is 1.80. The van der Waals surface area contributed by atoms with Crippen LogP contribution in [0, 0.1) is 5.92 Å². The van der Waals surface area contributed by atoms with Crippen molar-refractivity contribution in [1.29, 1.82) is 0 Å². The molecule has 1 saturated carbocycles. The number of rotatable bonds is 5. The van der Waals surface area contributed by atoms with Crippen molar-refractivity contribution in [2.24, 2.45) is 5.92 Å². The first-order valence-electron chi connectivity index (χ1n) is 6.77. The predicted octanol–water partition coefficient (Wildman–Crippen LogP) is 0.245. The van der Waals surface area contributed by atoms with Crippen LogP contribution in [0.4, 0.5) is 0 Å². The summed E-state index contributed by atoms with van der Waals surface area (Å²) in [5.41, 5.74) is 0. The Kier molecular flexibility index (Phi) is 4.44. The molecule has 6 nitrogen and oxygen atoms in total. The van der Waals surface area contributed by atoms with Crippen LogP contribution in [0.5, 0.6) is 0 Å². The summed E-state index contributed by atoms with van der Waals surface area (Å²) in [6.45, 7) is 0.387. The van der Waals surface area contributed by atoms with E-state index < -0.39 is 15.9 Å². The Labute approximate surface area is 113 Å². The van der Waals surface area contributed by atoms with E-state index in [2.05, 4.69) is 4.72 Å². The predicted molar refractivity (Wildman–Crippen MR) is 69.7 cm³/mol. The molecule has 0 aromatic rings. The monoisotopic (exact) mass is 288 g/mol. The summed E-state index contributed by atoms with van der Waals surface area (Å²) >= 11 is 0. The van der Waals surface area contributed by atoms with Crippen LogP contribution in [0.2, 0.25) is 0 Å². The molecule has 19 heavy (non-hydrogen) atoms. The molecule has 0 unspecified atom stereocenters. The highest BCUT2D eigenvalue weighted by Crippen LogP contribution is 2.27. The van der Waals surface area contributed by atoms with Gasteiger partial charge in [0.15, 0.2) is 0 Å². The van der Waals surface area contributed by atoms with E-state index in [0.717, 1.165) is 32.1 Å². The minimum absolute atomic E-state index is 0.0205. The van der Waals surface area contributed by atoms with Crippen molar-refractivity contribution in [1.82, 2.24) is 9.62 Å². The van der Waals surface area contributed by atoms with Crippen molar-refractivity contribution in [2.75, 3.05) is 18.8 Å². The van der Waals surface area contributed by atoms with E-state index in [4.69, 9.17) is 0 Å². The highest BCUT2D eigenvalue weighted by molar-refractivity contribution is 7.90. The molecule has 108 valence electrons. The van der Waals surface area contributed by atoms with Crippen molar-refractivity contribution in [2.45, 2.75) is 38.5 Å². The third kappa shape index (κ3) is 4.19. The first-order chi connectivity index (χ1) is 8.96. The molecule has 0 bridgehead atoms. The molecule has 1 aliphatic heterocycles. The molecule has 1 aliphatic carbocycles. The van der Waals surface area contributed by atoms with Crippen molar-refractivity contribution >= 4 is 21.8 Å². The lowest BCUT2D eigenvalue weighted by Crippen LogP contribution is -2.45. The zero-order valence-electron chi connectivity index (χ0n) is 10.9. The summed E-state index contributed by atoms with van der Waals surface area (Å²) in [6, 6.07) is 0. The molecular formula is C12H20N2O4S. The lowest BCUT2D eigenvalue weighted by atomic mass is 9.87. The van der Waals surface area contributed by atoms with Gasteiger partial charge in [-0.3, -0.25) is 14.3 Å². The van der Waals surface area contributed by atoms with E-state index in [0.29, 0.717) is 13.0 Å². The van der Waals surface area contributed by atoms with E-state index >= 15 is 0 Å². The Hall–Kier alpha value is -1.11. The Morgan fingerprint density at radius 3 is 2.58 bits per heavy atom. The molecule has 2 amide bonds. The number of nitrogens with one attached hydrogen (secondary N) is 1. The van der Waals surface area contributed by atoms with Crippen molar-refractivity contribution < 1.29 is 18.0 Å². The second-order valence-electron chi connectivity index (χ2n) is 5.38. The molecule has 0 aromatic carbocycles. The fourth-order valence-electron chi connectivity index (χ4n) is 2.42. The number of amides is 2. The van der Waals surface area contributed by atoms with Crippen LogP contribution in [0.1, 0.15) is 38.5 Å². The number of likely N-dealkylation sites (tertiary alicyclic amines) is 1. The van der Waals surface area contributed by atoms with Gasteiger partial charge in [-0.2, -0.15) is 0 Å². The quantitative estimate of drug-likeness (QED) is 0.785. The maximum Gasteiger partial charge on any atom is 0.253 e. The van der Waals surface area contributed by atoms with Gasteiger partial charge in [-0.1, -0.05) is 6.42 Å². The van der Waals surface area contributed by atoms with Gasteiger partial charge in [-0.05, 0) is 31.6 Å². The topological polar surface area (TPSA) is 83.6 Å². The van der Waals surface area contributed by atoms with Crippen LogP contribution < -0.4 is 4.72 Å². The third-order valence-corrected chi connectivity index (χ3v) is 5.15. The van der Waals surface area contributed by atoms with Crippen molar-refractivity contribution in [3.8, 4) is 0 Å². The zero-order chi connectivity index (χ0) is 13.9. The van der Waals surface area contributed by atoms with Crippen LogP contribution in [-0.2, 0) is 19.6 Å². The maximum atomic E-state index is 11.7. The van der Waals surface area contributed by atoms with Crippen LogP contribution in [0.3, 0.4) is 0 Å². The van der Waals surface area contributed by atoms with Crippen LogP contribution in [-0.4, -0.2) is 44.0 Å². The molecule has 0 spiro atoms. The smallest absolute Gasteiger partial charge is 0.253 e. The lowest BCUT2D eigenvalue weighted by molar-refractivity contribution is -0.137. The molecule has 0 radical (unpaired) electrons. The summed E-state index contributed by atoms with van der Waals surface area (Å²) in [7, 11) is -3.55. The third-order valence-electron chi connectivity index (χ3n) is 3.71. The molecule has 1 N–H and O–H groups in total. The van der Waals surface area contributed by atoms with Gasteiger partial charge in [-0.25, -0.2) is 8.42 Å². The first-order valence-corrected chi connectivity index (χ1v) is 8.42. The number of piperidine rings is 1. The van der Waals surface area contributed by atoms with Crippen molar-refractivity contribution in [3.05, 3.63) is 0 Å². The summed E-state index contributed by atoms with van der Waals surface area (Å²) < 4.78 is 25.5. The van der Waals surface area contributed by atoms with Gasteiger partial charge in [0.1, 0.15) is 6.54 Å². The minimum Gasteiger partial charge on any atom is -0.333 e. The molecular weight excluding hydrogens is 268 g/mol. The largest absolute Gasteiger partial charge is 0.333 e. The summed E-state index contributed by atoms with van der Waals surface area (Å²) in [6.07, 6.45) is 5.06. The average Bonchev–Trinajstić information content (AvgIpc) is 2.26. The van der Waals surface area contributed by atoms with Crippen LogP contribution >= 0.6 is 0 Å². The van der Waals surface area contributed by atoms with E-state index in [1.54, 1.807) is 0 Å². The lowest BCUT2D eigenvalue weighted by Gasteiger charge is -2.27. The second-order valence-corrected chi connectivity index (χ2v) is 7.14. The van der Waals surface area contributed by atoms with Gasteiger partial charge in [-0.15, -0.1) is 0 Å². The molecule has 1 heterocycles. The molecule has 2 aliphatic rings. The molecule has 2 fully saturated rings. The Morgan fingerprint density at radius 1 is 1.26 bits per heavy atom. The summed E-state index contributed by atoms with van der Waals surface area (Å²) in [5, 5.41) is 0. The van der Waals surface area contributed by atoms with E-state index in [-0.39, 0.29) is 24.1 Å². The van der Waals surface area contributed by atoms with Gasteiger partial charge in [0.05, 0.1) is 5.75 Å². The summed E-state index contributed by atoms with van der Waals surface area (Å²) in [4.78, 5) is 24.6. The molecule has 0 aromatic heterocycles. The minimum atomic E-state index is -3.55. The van der Waals surface area contributed by atoms with E-state index in [1.165, 1.54) is 4.90 Å². The number of hydrogen-bond donors (Lipinski definition) is 1. The highest BCUT2D eigenvalue weighted by atomic mass is 32.2. The van der Waals surface area contributed by atoms with Gasteiger partial charge < -0.3 is 4.90 Å². The number of sulfonamides is 1.